The zero-order valence-electron chi connectivity index (χ0n) is 9.54. The molecule has 1 aromatic carbocycles. The predicted octanol–water partition coefficient (Wildman–Crippen LogP) is 5.20. The summed E-state index contributed by atoms with van der Waals surface area (Å²) < 4.78 is 6.08. The third-order valence-corrected chi connectivity index (χ3v) is 5.46. The lowest BCUT2D eigenvalue weighted by atomic mass is 10.1. The molecule has 1 unspecified atom stereocenters. The van der Waals surface area contributed by atoms with E-state index in [2.05, 4.69) is 28.1 Å². The maximum Gasteiger partial charge on any atom is 0.119 e. The smallest absolute Gasteiger partial charge is 0.119 e. The van der Waals surface area contributed by atoms with Crippen LogP contribution in [0.4, 0.5) is 0 Å². The van der Waals surface area contributed by atoms with Crippen LogP contribution in [0.2, 0.25) is 4.34 Å². The molecule has 0 spiro atoms. The van der Waals surface area contributed by atoms with Gasteiger partial charge in [-0.2, -0.15) is 0 Å². The van der Waals surface area contributed by atoms with Crippen LogP contribution in [-0.4, -0.2) is 7.11 Å². The summed E-state index contributed by atoms with van der Waals surface area (Å²) >= 11 is 11.4. The number of hydrogen-bond donors (Lipinski definition) is 0. The average molecular weight is 332 g/mol. The Morgan fingerprint density at radius 3 is 2.71 bits per heavy atom. The van der Waals surface area contributed by atoms with Crippen molar-refractivity contribution in [3.05, 3.63) is 50.7 Å². The fourth-order valence-electron chi connectivity index (χ4n) is 1.57. The molecule has 0 aliphatic heterocycles. The lowest BCUT2D eigenvalue weighted by molar-refractivity contribution is 0.414. The van der Waals surface area contributed by atoms with Gasteiger partial charge in [0.25, 0.3) is 0 Å². The van der Waals surface area contributed by atoms with Gasteiger partial charge in [0.2, 0.25) is 0 Å². The van der Waals surface area contributed by atoms with E-state index in [0.717, 1.165) is 15.6 Å². The first-order valence-corrected chi connectivity index (χ1v) is 7.26. The number of aryl methyl sites for hydroxylation is 1. The monoisotopic (exact) mass is 330 g/mol. The van der Waals surface area contributed by atoms with Crippen LogP contribution in [-0.2, 0) is 0 Å². The minimum atomic E-state index is 0.161. The number of methoxy groups -OCH3 is 1. The van der Waals surface area contributed by atoms with Gasteiger partial charge in [-0.3, -0.25) is 0 Å². The first-order valence-electron chi connectivity index (χ1n) is 5.15. The molecule has 1 atom stereocenters. The molecule has 0 bridgehead atoms. The maximum absolute atomic E-state index is 6.09. The standard InChI is InChI=1S/C13H12BrClOS/c1-8-6-11(17-13(8)15)12(14)9-4-3-5-10(7-9)16-2/h3-7,12H,1-2H3. The van der Waals surface area contributed by atoms with Gasteiger partial charge in [0.1, 0.15) is 5.75 Å². The van der Waals surface area contributed by atoms with Crippen molar-refractivity contribution in [3.63, 3.8) is 0 Å². The highest BCUT2D eigenvalue weighted by atomic mass is 79.9. The van der Waals surface area contributed by atoms with E-state index in [1.807, 2.05) is 25.1 Å². The fourth-order valence-corrected chi connectivity index (χ4v) is 3.49. The zero-order valence-corrected chi connectivity index (χ0v) is 12.7. The summed E-state index contributed by atoms with van der Waals surface area (Å²) in [6, 6.07) is 10.2. The number of alkyl halides is 1. The quantitative estimate of drug-likeness (QED) is 0.702. The Morgan fingerprint density at radius 1 is 1.35 bits per heavy atom. The second-order valence-corrected chi connectivity index (χ2v) is 6.35. The summed E-state index contributed by atoms with van der Waals surface area (Å²) in [5.41, 5.74) is 2.29. The molecular weight excluding hydrogens is 320 g/mol. The van der Waals surface area contributed by atoms with Gasteiger partial charge in [0.05, 0.1) is 16.3 Å². The average Bonchev–Trinajstić information content (AvgIpc) is 2.69. The van der Waals surface area contributed by atoms with Gasteiger partial charge in [-0.15, -0.1) is 11.3 Å². The minimum absolute atomic E-state index is 0.161. The number of thiophene rings is 1. The van der Waals surface area contributed by atoms with Crippen molar-refractivity contribution in [1.82, 2.24) is 0 Å². The highest BCUT2D eigenvalue weighted by Crippen LogP contribution is 2.39. The molecule has 0 fully saturated rings. The molecule has 1 aromatic heterocycles. The first kappa shape index (κ1) is 12.9. The van der Waals surface area contributed by atoms with Crippen molar-refractivity contribution < 1.29 is 4.74 Å². The van der Waals surface area contributed by atoms with Crippen molar-refractivity contribution in [3.8, 4) is 5.75 Å². The summed E-state index contributed by atoms with van der Waals surface area (Å²) in [7, 11) is 1.68. The molecule has 0 N–H and O–H groups in total. The maximum atomic E-state index is 6.09. The van der Waals surface area contributed by atoms with Crippen LogP contribution in [0.1, 0.15) is 20.8 Å². The summed E-state index contributed by atoms with van der Waals surface area (Å²) in [6.07, 6.45) is 0. The number of hydrogen-bond acceptors (Lipinski definition) is 2. The molecule has 17 heavy (non-hydrogen) atoms. The third kappa shape index (κ3) is 2.84. The number of rotatable bonds is 3. The Bertz CT molecular complexity index is 504. The summed E-state index contributed by atoms with van der Waals surface area (Å²) in [4.78, 5) is 1.37. The second-order valence-electron chi connectivity index (χ2n) is 3.74. The van der Waals surface area contributed by atoms with Crippen LogP contribution < -0.4 is 4.74 Å². The van der Waals surface area contributed by atoms with E-state index in [-0.39, 0.29) is 4.83 Å². The van der Waals surface area contributed by atoms with Gasteiger partial charge >= 0.3 is 0 Å². The lowest BCUT2D eigenvalue weighted by Crippen LogP contribution is -1.91. The van der Waals surface area contributed by atoms with E-state index in [4.69, 9.17) is 16.3 Å². The molecule has 0 radical (unpaired) electrons. The summed E-state index contributed by atoms with van der Waals surface area (Å²) in [5.74, 6) is 0.867. The van der Waals surface area contributed by atoms with E-state index < -0.39 is 0 Å². The molecule has 4 heteroatoms. The normalized spacial score (nSPS) is 12.5. The van der Waals surface area contributed by atoms with Crippen molar-refractivity contribution in [2.45, 2.75) is 11.8 Å². The number of halogens is 2. The molecule has 2 rings (SSSR count). The topological polar surface area (TPSA) is 9.23 Å². The van der Waals surface area contributed by atoms with E-state index in [1.165, 1.54) is 10.4 Å². The van der Waals surface area contributed by atoms with Gasteiger partial charge in [-0.05, 0) is 36.2 Å². The van der Waals surface area contributed by atoms with Gasteiger partial charge in [-0.25, -0.2) is 0 Å². The van der Waals surface area contributed by atoms with E-state index in [9.17, 15) is 0 Å². The van der Waals surface area contributed by atoms with Crippen molar-refractivity contribution in [2.75, 3.05) is 7.11 Å². The summed E-state index contributed by atoms with van der Waals surface area (Å²) in [6.45, 7) is 2.02. The van der Waals surface area contributed by atoms with E-state index in [1.54, 1.807) is 18.4 Å². The fraction of sp³-hybridized carbons (Fsp3) is 0.231. The van der Waals surface area contributed by atoms with Crippen LogP contribution in [0.3, 0.4) is 0 Å². The van der Waals surface area contributed by atoms with Gasteiger partial charge in [-0.1, -0.05) is 39.7 Å². The van der Waals surface area contributed by atoms with Crippen LogP contribution >= 0.6 is 38.9 Å². The Morgan fingerprint density at radius 2 is 2.12 bits per heavy atom. The molecule has 0 saturated carbocycles. The molecule has 90 valence electrons. The minimum Gasteiger partial charge on any atom is -0.497 e. The number of benzene rings is 1. The highest BCUT2D eigenvalue weighted by Gasteiger charge is 2.14. The van der Waals surface area contributed by atoms with Crippen LogP contribution in [0, 0.1) is 6.92 Å². The third-order valence-electron chi connectivity index (χ3n) is 2.51. The van der Waals surface area contributed by atoms with Crippen LogP contribution in [0.5, 0.6) is 5.75 Å². The van der Waals surface area contributed by atoms with Gasteiger partial charge < -0.3 is 4.74 Å². The van der Waals surface area contributed by atoms with E-state index >= 15 is 0 Å². The Kier molecular flexibility index (Phi) is 4.13. The Balaban J connectivity index is 2.32. The van der Waals surface area contributed by atoms with Crippen LogP contribution in [0.15, 0.2) is 30.3 Å². The van der Waals surface area contributed by atoms with Gasteiger partial charge in [0, 0.05) is 4.88 Å². The summed E-state index contributed by atoms with van der Waals surface area (Å²) in [5, 5.41) is 0. The van der Waals surface area contributed by atoms with Crippen molar-refractivity contribution in [2.24, 2.45) is 0 Å². The molecule has 0 amide bonds. The molecule has 1 heterocycles. The lowest BCUT2D eigenvalue weighted by Gasteiger charge is -2.09. The van der Waals surface area contributed by atoms with Crippen LogP contribution in [0.25, 0.3) is 0 Å². The Hall–Kier alpha value is -0.510. The molecular formula is C13H12BrClOS. The zero-order chi connectivity index (χ0) is 12.4. The highest BCUT2D eigenvalue weighted by molar-refractivity contribution is 9.09. The second kappa shape index (κ2) is 5.42. The van der Waals surface area contributed by atoms with E-state index in [0.29, 0.717) is 0 Å². The van der Waals surface area contributed by atoms with Crippen molar-refractivity contribution >= 4 is 38.9 Å². The molecule has 0 aliphatic carbocycles. The van der Waals surface area contributed by atoms with Gasteiger partial charge in [0.15, 0.2) is 0 Å². The predicted molar refractivity (Wildman–Crippen MR) is 77.8 cm³/mol. The molecule has 2 aromatic rings. The molecule has 1 nitrogen and oxygen atoms in total. The largest absolute Gasteiger partial charge is 0.497 e. The van der Waals surface area contributed by atoms with Crippen molar-refractivity contribution in [1.29, 1.82) is 0 Å². The first-order chi connectivity index (χ1) is 8.11. The Labute approximate surface area is 119 Å². The SMILES string of the molecule is COc1cccc(C(Br)c2cc(C)c(Cl)s2)c1. The molecule has 0 aliphatic rings. The molecule has 0 saturated heterocycles. The number of ether oxygens (including phenoxy) is 1.